The van der Waals surface area contributed by atoms with Gasteiger partial charge in [0.25, 0.3) is 0 Å². The number of aliphatic hydroxyl groups is 1. The first-order valence-corrected chi connectivity index (χ1v) is 3.46. The summed E-state index contributed by atoms with van der Waals surface area (Å²) in [5.41, 5.74) is 0.953. The highest BCUT2D eigenvalue weighted by Gasteiger charge is 2.12. The van der Waals surface area contributed by atoms with Crippen molar-refractivity contribution in [2.75, 3.05) is 13.7 Å². The van der Waals surface area contributed by atoms with Gasteiger partial charge < -0.3 is 14.3 Å². The van der Waals surface area contributed by atoms with E-state index in [2.05, 4.69) is 0 Å². The van der Waals surface area contributed by atoms with Crippen LogP contribution in [0.15, 0.2) is 16.7 Å². The monoisotopic (exact) mass is 156 g/mol. The minimum atomic E-state index is -0.644. The van der Waals surface area contributed by atoms with E-state index >= 15 is 0 Å². The van der Waals surface area contributed by atoms with E-state index in [9.17, 15) is 5.11 Å². The molecule has 0 saturated heterocycles. The highest BCUT2D eigenvalue weighted by atomic mass is 16.5. The minimum absolute atomic E-state index is 0.272. The Labute approximate surface area is 65.6 Å². The minimum Gasteiger partial charge on any atom is -0.466 e. The second-order valence-electron chi connectivity index (χ2n) is 2.44. The third kappa shape index (κ3) is 1.82. The zero-order chi connectivity index (χ0) is 8.27. The van der Waals surface area contributed by atoms with Crippen LogP contribution in [0.4, 0.5) is 0 Å². The average molecular weight is 156 g/mol. The van der Waals surface area contributed by atoms with Gasteiger partial charge in [0.2, 0.25) is 0 Å². The zero-order valence-electron chi connectivity index (χ0n) is 6.70. The van der Waals surface area contributed by atoms with Gasteiger partial charge in [-0.05, 0) is 18.6 Å². The van der Waals surface area contributed by atoms with E-state index in [4.69, 9.17) is 9.15 Å². The molecule has 0 bridgehead atoms. The van der Waals surface area contributed by atoms with Crippen LogP contribution in [0.3, 0.4) is 0 Å². The number of furan rings is 1. The lowest BCUT2D eigenvalue weighted by molar-refractivity contribution is 0.0498. The average Bonchev–Trinajstić information content (AvgIpc) is 2.36. The Balaban J connectivity index is 2.67. The van der Waals surface area contributed by atoms with Crippen molar-refractivity contribution in [2.24, 2.45) is 0 Å². The molecule has 3 heteroatoms. The Kier molecular flexibility index (Phi) is 2.68. The van der Waals surface area contributed by atoms with Crippen LogP contribution >= 0.6 is 0 Å². The summed E-state index contributed by atoms with van der Waals surface area (Å²) >= 11 is 0. The summed E-state index contributed by atoms with van der Waals surface area (Å²) in [4.78, 5) is 0. The van der Waals surface area contributed by atoms with Crippen molar-refractivity contribution < 1.29 is 14.3 Å². The number of hydrogen-bond acceptors (Lipinski definition) is 3. The largest absolute Gasteiger partial charge is 0.466 e. The van der Waals surface area contributed by atoms with Gasteiger partial charge in [0.15, 0.2) is 0 Å². The van der Waals surface area contributed by atoms with Gasteiger partial charge in [-0.1, -0.05) is 0 Å². The van der Waals surface area contributed by atoms with E-state index in [1.165, 1.54) is 0 Å². The van der Waals surface area contributed by atoms with Gasteiger partial charge in [-0.15, -0.1) is 0 Å². The molecule has 0 aliphatic rings. The van der Waals surface area contributed by atoms with Crippen molar-refractivity contribution in [2.45, 2.75) is 13.0 Å². The molecule has 0 amide bonds. The van der Waals surface area contributed by atoms with Gasteiger partial charge >= 0.3 is 0 Å². The first-order chi connectivity index (χ1) is 5.25. The molecular weight excluding hydrogens is 144 g/mol. The molecular formula is C8H12O3. The molecule has 1 heterocycles. The summed E-state index contributed by atoms with van der Waals surface area (Å²) < 4.78 is 9.82. The van der Waals surface area contributed by atoms with Crippen LogP contribution in [0.5, 0.6) is 0 Å². The molecule has 1 unspecified atom stereocenters. The Morgan fingerprint density at radius 1 is 1.73 bits per heavy atom. The van der Waals surface area contributed by atoms with Crippen LogP contribution < -0.4 is 0 Å². The van der Waals surface area contributed by atoms with Gasteiger partial charge in [0.05, 0.1) is 12.9 Å². The molecule has 1 aromatic heterocycles. The summed E-state index contributed by atoms with van der Waals surface area (Å²) in [5, 5.41) is 9.37. The lowest BCUT2D eigenvalue weighted by Crippen LogP contribution is -2.04. The van der Waals surface area contributed by atoms with Crippen LogP contribution in [0, 0.1) is 6.92 Å². The van der Waals surface area contributed by atoms with Gasteiger partial charge in [0.1, 0.15) is 11.9 Å². The summed E-state index contributed by atoms with van der Waals surface area (Å²) in [7, 11) is 1.54. The van der Waals surface area contributed by atoms with Gasteiger partial charge in [-0.3, -0.25) is 0 Å². The fraction of sp³-hybridized carbons (Fsp3) is 0.500. The third-order valence-electron chi connectivity index (χ3n) is 1.53. The maximum absolute atomic E-state index is 9.37. The number of aryl methyl sites for hydroxylation is 1. The first-order valence-electron chi connectivity index (χ1n) is 3.46. The van der Waals surface area contributed by atoms with Gasteiger partial charge in [-0.2, -0.15) is 0 Å². The highest BCUT2D eigenvalue weighted by Crippen LogP contribution is 2.17. The molecule has 62 valence electrons. The highest BCUT2D eigenvalue weighted by molar-refractivity contribution is 5.16. The molecule has 11 heavy (non-hydrogen) atoms. The number of rotatable bonds is 3. The van der Waals surface area contributed by atoms with E-state index in [0.29, 0.717) is 5.76 Å². The first kappa shape index (κ1) is 8.30. The predicted octanol–water partition coefficient (Wildman–Crippen LogP) is 1.27. The van der Waals surface area contributed by atoms with E-state index in [0.717, 1.165) is 5.56 Å². The normalized spacial score (nSPS) is 13.4. The molecule has 0 radical (unpaired) electrons. The Morgan fingerprint density at radius 3 is 2.91 bits per heavy atom. The molecule has 1 atom stereocenters. The molecule has 0 aromatic carbocycles. The van der Waals surface area contributed by atoms with Crippen LogP contribution in [0.2, 0.25) is 0 Å². The Hall–Kier alpha value is -0.800. The zero-order valence-corrected chi connectivity index (χ0v) is 6.70. The summed E-state index contributed by atoms with van der Waals surface area (Å²) in [6.45, 7) is 2.16. The summed E-state index contributed by atoms with van der Waals surface area (Å²) in [6, 6.07) is 1.81. The lowest BCUT2D eigenvalue weighted by Gasteiger charge is -2.06. The summed E-state index contributed by atoms with van der Waals surface area (Å²) in [5.74, 6) is 0.590. The number of methoxy groups -OCH3 is 1. The maximum Gasteiger partial charge on any atom is 0.137 e. The van der Waals surface area contributed by atoms with Crippen LogP contribution in [-0.4, -0.2) is 18.8 Å². The second kappa shape index (κ2) is 3.55. The quantitative estimate of drug-likeness (QED) is 0.716. The van der Waals surface area contributed by atoms with E-state index in [1.54, 1.807) is 13.4 Å². The van der Waals surface area contributed by atoms with Crippen LogP contribution in [-0.2, 0) is 4.74 Å². The predicted molar refractivity (Wildman–Crippen MR) is 40.3 cm³/mol. The molecule has 1 N–H and O–H groups in total. The van der Waals surface area contributed by atoms with Crippen LogP contribution in [0.25, 0.3) is 0 Å². The van der Waals surface area contributed by atoms with E-state index < -0.39 is 6.10 Å². The van der Waals surface area contributed by atoms with Crippen molar-refractivity contribution >= 4 is 0 Å². The molecule has 1 rings (SSSR count). The molecule has 1 aromatic rings. The van der Waals surface area contributed by atoms with Crippen LogP contribution in [0.1, 0.15) is 17.4 Å². The molecule has 0 saturated carbocycles. The molecule has 0 spiro atoms. The molecule has 0 aliphatic carbocycles. The van der Waals surface area contributed by atoms with Crippen molar-refractivity contribution in [3.8, 4) is 0 Å². The van der Waals surface area contributed by atoms with E-state index in [-0.39, 0.29) is 6.61 Å². The number of aliphatic hydroxyl groups excluding tert-OH is 1. The van der Waals surface area contributed by atoms with Crippen molar-refractivity contribution in [1.82, 2.24) is 0 Å². The molecule has 0 fully saturated rings. The fourth-order valence-corrected chi connectivity index (χ4v) is 0.959. The number of ether oxygens (including phenoxy) is 1. The van der Waals surface area contributed by atoms with Gasteiger partial charge in [-0.25, -0.2) is 0 Å². The third-order valence-corrected chi connectivity index (χ3v) is 1.53. The Bertz CT molecular complexity index is 217. The second-order valence-corrected chi connectivity index (χ2v) is 2.44. The smallest absolute Gasteiger partial charge is 0.137 e. The number of hydrogen-bond donors (Lipinski definition) is 1. The Morgan fingerprint density at radius 2 is 2.45 bits per heavy atom. The summed E-state index contributed by atoms with van der Waals surface area (Å²) in [6.07, 6.45) is 0.916. The fourth-order valence-electron chi connectivity index (χ4n) is 0.959. The molecule has 3 nitrogen and oxygen atoms in total. The van der Waals surface area contributed by atoms with Crippen molar-refractivity contribution in [3.63, 3.8) is 0 Å². The van der Waals surface area contributed by atoms with Crippen molar-refractivity contribution in [3.05, 3.63) is 23.7 Å². The standard InChI is InChI=1S/C8H12O3/c1-6-3-4-11-8(6)7(9)5-10-2/h3-4,7,9H,5H2,1-2H3. The van der Waals surface area contributed by atoms with Crippen molar-refractivity contribution in [1.29, 1.82) is 0 Å². The SMILES string of the molecule is COCC(O)c1occc1C. The van der Waals surface area contributed by atoms with Gasteiger partial charge in [0, 0.05) is 7.11 Å². The maximum atomic E-state index is 9.37. The lowest BCUT2D eigenvalue weighted by atomic mass is 10.2. The van der Waals surface area contributed by atoms with E-state index in [1.807, 2.05) is 13.0 Å². The topological polar surface area (TPSA) is 42.6 Å². The molecule has 0 aliphatic heterocycles.